The van der Waals surface area contributed by atoms with Gasteiger partial charge >= 0.3 is 0 Å². The first-order chi connectivity index (χ1) is 12.6. The van der Waals surface area contributed by atoms with Crippen molar-refractivity contribution in [2.24, 2.45) is 0 Å². The van der Waals surface area contributed by atoms with Crippen molar-refractivity contribution >= 4 is 17.5 Å². The van der Waals surface area contributed by atoms with Gasteiger partial charge in [-0.1, -0.05) is 57.7 Å². The lowest BCUT2D eigenvalue weighted by molar-refractivity contribution is -0.121. The van der Waals surface area contributed by atoms with Crippen molar-refractivity contribution < 1.29 is 9.59 Å². The number of nitrogens with zero attached hydrogens (tertiary/aromatic N) is 1. The van der Waals surface area contributed by atoms with Crippen LogP contribution in [0.15, 0.2) is 18.2 Å². The fraction of sp³-hybridized carbons (Fsp3) is 0.636. The van der Waals surface area contributed by atoms with E-state index in [1.807, 2.05) is 0 Å². The molecule has 0 radical (unpaired) electrons. The number of hydrogen-bond acceptors (Lipinski definition) is 2. The Labute approximate surface area is 158 Å². The van der Waals surface area contributed by atoms with Crippen molar-refractivity contribution in [3.63, 3.8) is 0 Å². The van der Waals surface area contributed by atoms with Crippen LogP contribution >= 0.6 is 0 Å². The number of amides is 2. The Morgan fingerprint density at radius 3 is 2.12 bits per heavy atom. The van der Waals surface area contributed by atoms with Crippen LogP contribution in [-0.4, -0.2) is 24.4 Å². The molecule has 0 atom stereocenters. The van der Waals surface area contributed by atoms with Crippen LogP contribution in [0.4, 0.5) is 5.69 Å². The first-order valence-corrected chi connectivity index (χ1v) is 10.2. The number of carbonyl (C=O) groups excluding carboxylic acids is 2. The summed E-state index contributed by atoms with van der Waals surface area (Å²) >= 11 is 0. The van der Waals surface area contributed by atoms with Crippen molar-refractivity contribution in [1.82, 2.24) is 5.32 Å². The normalized spacial score (nSPS) is 15.3. The predicted molar refractivity (Wildman–Crippen MR) is 107 cm³/mol. The molecule has 144 valence electrons. The third-order valence-electron chi connectivity index (χ3n) is 5.40. The molecule has 4 heteroatoms. The minimum absolute atomic E-state index is 0.00265. The summed E-state index contributed by atoms with van der Waals surface area (Å²) in [5, 5.41) is 3.18. The minimum atomic E-state index is 0.00265. The fourth-order valence-corrected chi connectivity index (χ4v) is 3.93. The Morgan fingerprint density at radius 2 is 1.62 bits per heavy atom. The number of aryl methyl sites for hydroxylation is 2. The molecule has 0 aromatic heterocycles. The van der Waals surface area contributed by atoms with Gasteiger partial charge in [0.05, 0.1) is 0 Å². The maximum Gasteiger partial charge on any atom is 0.223 e. The lowest BCUT2D eigenvalue weighted by atomic mass is 10.0. The predicted octanol–water partition coefficient (Wildman–Crippen LogP) is 4.39. The zero-order valence-corrected chi connectivity index (χ0v) is 16.6. The average molecular weight is 359 g/mol. The van der Waals surface area contributed by atoms with Crippen LogP contribution in [0.5, 0.6) is 0 Å². The van der Waals surface area contributed by atoms with E-state index < -0.39 is 0 Å². The van der Waals surface area contributed by atoms with Gasteiger partial charge in [0.1, 0.15) is 0 Å². The van der Waals surface area contributed by atoms with E-state index >= 15 is 0 Å². The van der Waals surface area contributed by atoms with Crippen LogP contribution < -0.4 is 10.2 Å². The number of hydrogen-bond donors (Lipinski definition) is 1. The van der Waals surface area contributed by atoms with Crippen LogP contribution in [-0.2, 0) is 22.4 Å². The molecule has 1 saturated carbocycles. The topological polar surface area (TPSA) is 49.4 Å². The number of nitrogens with one attached hydrogen (secondary N) is 1. The highest BCUT2D eigenvalue weighted by Crippen LogP contribution is 2.27. The highest BCUT2D eigenvalue weighted by atomic mass is 16.2. The van der Waals surface area contributed by atoms with Gasteiger partial charge in [0, 0.05) is 31.6 Å². The van der Waals surface area contributed by atoms with Crippen molar-refractivity contribution in [2.45, 2.75) is 84.6 Å². The molecule has 26 heavy (non-hydrogen) atoms. The molecule has 0 unspecified atom stereocenters. The van der Waals surface area contributed by atoms with Gasteiger partial charge in [0.2, 0.25) is 11.8 Å². The van der Waals surface area contributed by atoms with Crippen LogP contribution in [0.25, 0.3) is 0 Å². The second-order valence-corrected chi connectivity index (χ2v) is 7.31. The van der Waals surface area contributed by atoms with Crippen molar-refractivity contribution in [3.05, 3.63) is 29.3 Å². The van der Waals surface area contributed by atoms with Crippen LogP contribution in [0, 0.1) is 0 Å². The van der Waals surface area contributed by atoms with Crippen molar-refractivity contribution in [1.29, 1.82) is 0 Å². The van der Waals surface area contributed by atoms with E-state index in [2.05, 4.69) is 37.4 Å². The summed E-state index contributed by atoms with van der Waals surface area (Å²) in [7, 11) is 0. The Balaban J connectivity index is 2.05. The molecule has 1 aromatic rings. The SMILES string of the molecule is CCc1cccc(CC)c1N(CCC(=O)NC1CCCCCC1)C(C)=O. The third kappa shape index (κ3) is 5.58. The summed E-state index contributed by atoms with van der Waals surface area (Å²) in [4.78, 5) is 26.6. The molecule has 2 amide bonds. The van der Waals surface area contributed by atoms with Crippen LogP contribution in [0.1, 0.15) is 76.8 Å². The van der Waals surface area contributed by atoms with E-state index in [4.69, 9.17) is 0 Å². The molecule has 0 bridgehead atoms. The largest absolute Gasteiger partial charge is 0.353 e. The summed E-state index contributed by atoms with van der Waals surface area (Å²) < 4.78 is 0. The zero-order valence-electron chi connectivity index (χ0n) is 16.6. The molecule has 0 spiro atoms. The van der Waals surface area contributed by atoms with Gasteiger partial charge in [-0.25, -0.2) is 0 Å². The first-order valence-electron chi connectivity index (χ1n) is 10.2. The number of benzene rings is 1. The lowest BCUT2D eigenvalue weighted by Crippen LogP contribution is -2.38. The highest BCUT2D eigenvalue weighted by Gasteiger charge is 2.20. The molecule has 2 rings (SSSR count). The number of para-hydroxylation sites is 1. The number of anilines is 1. The molecule has 0 heterocycles. The van der Waals surface area contributed by atoms with Crippen molar-refractivity contribution in [2.75, 3.05) is 11.4 Å². The Bertz CT molecular complexity index is 582. The molecule has 0 aliphatic heterocycles. The highest BCUT2D eigenvalue weighted by molar-refractivity contribution is 5.94. The van der Waals surface area contributed by atoms with E-state index in [1.54, 1.807) is 11.8 Å². The molecule has 1 aromatic carbocycles. The van der Waals surface area contributed by atoms with E-state index in [-0.39, 0.29) is 11.8 Å². The number of carbonyl (C=O) groups is 2. The first kappa shape index (κ1) is 20.5. The van der Waals surface area contributed by atoms with E-state index in [9.17, 15) is 9.59 Å². The van der Waals surface area contributed by atoms with Crippen LogP contribution in [0.3, 0.4) is 0 Å². The van der Waals surface area contributed by atoms with Gasteiger partial charge in [-0.05, 0) is 36.8 Å². The minimum Gasteiger partial charge on any atom is -0.353 e. The molecule has 1 fully saturated rings. The van der Waals surface area contributed by atoms with Crippen molar-refractivity contribution in [3.8, 4) is 0 Å². The lowest BCUT2D eigenvalue weighted by Gasteiger charge is -2.27. The standard InChI is InChI=1S/C22H34N2O2/c1-4-18-11-10-12-19(5-2)22(18)24(17(3)25)16-15-21(26)23-20-13-8-6-7-9-14-20/h10-12,20H,4-9,13-16H2,1-3H3,(H,23,26). The molecular weight excluding hydrogens is 324 g/mol. The van der Waals surface area contributed by atoms with Gasteiger partial charge in [0.25, 0.3) is 0 Å². The molecule has 4 nitrogen and oxygen atoms in total. The monoisotopic (exact) mass is 358 g/mol. The Kier molecular flexibility index (Phi) is 8.14. The van der Waals surface area contributed by atoms with E-state index in [0.29, 0.717) is 19.0 Å². The van der Waals surface area contributed by atoms with Gasteiger partial charge in [0.15, 0.2) is 0 Å². The molecular formula is C22H34N2O2. The number of rotatable bonds is 7. The summed E-state index contributed by atoms with van der Waals surface area (Å²) in [6.45, 7) is 6.25. The van der Waals surface area contributed by atoms with E-state index in [0.717, 1.165) is 31.4 Å². The maximum atomic E-state index is 12.4. The second-order valence-electron chi connectivity index (χ2n) is 7.31. The van der Waals surface area contributed by atoms with Gasteiger partial charge in [-0.3, -0.25) is 9.59 Å². The zero-order chi connectivity index (χ0) is 18.9. The molecule has 1 aliphatic carbocycles. The quantitative estimate of drug-likeness (QED) is 0.735. The summed E-state index contributed by atoms with van der Waals surface area (Å²) in [5.41, 5.74) is 3.35. The second kappa shape index (κ2) is 10.3. The Hall–Kier alpha value is -1.84. The van der Waals surface area contributed by atoms with Gasteiger partial charge < -0.3 is 10.2 Å². The van der Waals surface area contributed by atoms with Gasteiger partial charge in [-0.2, -0.15) is 0 Å². The average Bonchev–Trinajstić information content (AvgIpc) is 2.90. The Morgan fingerprint density at radius 1 is 1.04 bits per heavy atom. The van der Waals surface area contributed by atoms with Gasteiger partial charge in [-0.15, -0.1) is 0 Å². The smallest absolute Gasteiger partial charge is 0.223 e. The maximum absolute atomic E-state index is 12.4. The van der Waals surface area contributed by atoms with E-state index in [1.165, 1.54) is 36.8 Å². The molecule has 1 N–H and O–H groups in total. The fourth-order valence-electron chi connectivity index (χ4n) is 3.93. The summed E-state index contributed by atoms with van der Waals surface area (Å²) in [6, 6.07) is 6.52. The third-order valence-corrected chi connectivity index (χ3v) is 5.40. The molecule has 1 aliphatic rings. The van der Waals surface area contributed by atoms with Crippen LogP contribution in [0.2, 0.25) is 0 Å². The summed E-state index contributed by atoms with van der Waals surface area (Å²) in [5.74, 6) is 0.0676. The summed E-state index contributed by atoms with van der Waals surface area (Å²) in [6.07, 6.45) is 9.24. The molecule has 0 saturated heterocycles.